The second-order valence-electron chi connectivity index (χ2n) is 6.63. The Labute approximate surface area is 188 Å². The third-order valence-corrected chi connectivity index (χ3v) is 5.68. The number of rotatable bonds is 7. The minimum Gasteiger partial charge on any atom is -0.325 e. The molecular formula is C22H18ClN5O2S. The first-order chi connectivity index (χ1) is 15.0. The van der Waals surface area contributed by atoms with E-state index in [4.69, 9.17) is 11.6 Å². The first-order valence-corrected chi connectivity index (χ1v) is 10.8. The summed E-state index contributed by atoms with van der Waals surface area (Å²) < 4.78 is 3.63. The highest BCUT2D eigenvalue weighted by Gasteiger charge is 2.18. The molecule has 0 saturated heterocycles. The molecule has 7 nitrogen and oxygen atoms in total. The lowest BCUT2D eigenvalue weighted by molar-refractivity contribution is -0.113. The van der Waals surface area contributed by atoms with Gasteiger partial charge in [0, 0.05) is 29.2 Å². The first kappa shape index (κ1) is 20.9. The Morgan fingerprint density at radius 3 is 2.55 bits per heavy atom. The summed E-state index contributed by atoms with van der Waals surface area (Å²) in [4.78, 5) is 24.0. The maximum atomic E-state index is 12.5. The number of aromatic nitrogens is 4. The Bertz CT molecular complexity index is 1240. The van der Waals surface area contributed by atoms with Crippen LogP contribution in [0, 0.1) is 0 Å². The number of carbonyl (C=O) groups is 2. The molecule has 0 aliphatic carbocycles. The average molecular weight is 452 g/mol. The highest BCUT2D eigenvalue weighted by atomic mass is 35.5. The molecule has 0 spiro atoms. The number of hydrogen-bond donors (Lipinski definition) is 1. The molecule has 1 amide bonds. The van der Waals surface area contributed by atoms with Crippen molar-refractivity contribution in [3.05, 3.63) is 83.6 Å². The zero-order valence-electron chi connectivity index (χ0n) is 16.5. The van der Waals surface area contributed by atoms with Gasteiger partial charge in [-0.2, -0.15) is 0 Å². The summed E-state index contributed by atoms with van der Waals surface area (Å²) in [5, 5.41) is 12.5. The van der Waals surface area contributed by atoms with Crippen LogP contribution in [0.3, 0.4) is 0 Å². The van der Waals surface area contributed by atoms with E-state index < -0.39 is 0 Å². The molecule has 0 radical (unpaired) electrons. The fourth-order valence-corrected chi connectivity index (χ4v) is 3.93. The van der Waals surface area contributed by atoms with Crippen LogP contribution in [0.4, 0.5) is 5.69 Å². The number of thioether (sulfide) groups is 1. The lowest BCUT2D eigenvalue weighted by Crippen LogP contribution is -2.16. The van der Waals surface area contributed by atoms with Gasteiger partial charge in [-0.25, -0.2) is 4.68 Å². The zero-order valence-corrected chi connectivity index (χ0v) is 18.1. The number of carbonyl (C=O) groups excluding carboxylic acids is 2. The predicted molar refractivity (Wildman–Crippen MR) is 121 cm³/mol. The molecule has 0 saturated carbocycles. The standard InChI is InChI=1S/C22H18ClN5O2S/c1-15(29)16-7-6-8-17(13-16)24-20(30)14-31-22-26-25-21(18-9-2-3-10-19(18)23)28(22)27-11-4-5-12-27/h2-13H,14H2,1H3,(H,24,30). The van der Waals surface area contributed by atoms with Gasteiger partial charge in [0.05, 0.1) is 10.8 Å². The van der Waals surface area contributed by atoms with Crippen LogP contribution >= 0.6 is 23.4 Å². The van der Waals surface area contributed by atoms with Gasteiger partial charge in [0.2, 0.25) is 11.1 Å². The molecule has 0 atom stereocenters. The van der Waals surface area contributed by atoms with Crippen molar-refractivity contribution in [2.24, 2.45) is 0 Å². The van der Waals surface area contributed by atoms with Crippen molar-refractivity contribution in [2.75, 3.05) is 11.1 Å². The van der Waals surface area contributed by atoms with Crippen molar-refractivity contribution in [2.45, 2.75) is 12.1 Å². The van der Waals surface area contributed by atoms with E-state index >= 15 is 0 Å². The highest BCUT2D eigenvalue weighted by molar-refractivity contribution is 7.99. The summed E-state index contributed by atoms with van der Waals surface area (Å²) in [7, 11) is 0. The molecule has 2 aromatic carbocycles. The van der Waals surface area contributed by atoms with Crippen LogP contribution in [0.25, 0.3) is 11.4 Å². The van der Waals surface area contributed by atoms with Gasteiger partial charge >= 0.3 is 0 Å². The van der Waals surface area contributed by atoms with Crippen LogP contribution in [-0.4, -0.2) is 37.0 Å². The monoisotopic (exact) mass is 451 g/mol. The van der Waals surface area contributed by atoms with E-state index in [0.717, 1.165) is 5.56 Å². The van der Waals surface area contributed by atoms with Gasteiger partial charge in [-0.1, -0.05) is 47.6 Å². The van der Waals surface area contributed by atoms with E-state index in [1.165, 1.54) is 18.7 Å². The van der Waals surface area contributed by atoms with Gasteiger partial charge in [0.15, 0.2) is 11.6 Å². The molecule has 1 N–H and O–H groups in total. The van der Waals surface area contributed by atoms with Crippen molar-refractivity contribution in [3.8, 4) is 11.4 Å². The van der Waals surface area contributed by atoms with Crippen molar-refractivity contribution in [1.82, 2.24) is 19.5 Å². The first-order valence-electron chi connectivity index (χ1n) is 9.40. The molecule has 31 heavy (non-hydrogen) atoms. The zero-order chi connectivity index (χ0) is 21.8. The van der Waals surface area contributed by atoms with Gasteiger partial charge in [-0.3, -0.25) is 14.3 Å². The minimum absolute atomic E-state index is 0.0580. The number of Topliss-reactive ketones (excluding diaryl/α,β-unsaturated/α-hetero) is 1. The summed E-state index contributed by atoms with van der Waals surface area (Å²) >= 11 is 7.62. The minimum atomic E-state index is -0.216. The Balaban J connectivity index is 1.55. The lowest BCUT2D eigenvalue weighted by atomic mass is 10.1. The van der Waals surface area contributed by atoms with E-state index in [9.17, 15) is 9.59 Å². The van der Waals surface area contributed by atoms with Gasteiger partial charge in [0.25, 0.3) is 0 Å². The highest BCUT2D eigenvalue weighted by Crippen LogP contribution is 2.29. The van der Waals surface area contributed by atoms with Gasteiger partial charge < -0.3 is 5.32 Å². The number of nitrogens with one attached hydrogen (secondary N) is 1. The maximum Gasteiger partial charge on any atom is 0.234 e. The molecule has 0 fully saturated rings. The van der Waals surface area contributed by atoms with E-state index in [0.29, 0.717) is 27.3 Å². The van der Waals surface area contributed by atoms with Gasteiger partial charge in [-0.15, -0.1) is 10.2 Å². The van der Waals surface area contributed by atoms with E-state index in [2.05, 4.69) is 15.5 Å². The Morgan fingerprint density at radius 1 is 1.03 bits per heavy atom. The summed E-state index contributed by atoms with van der Waals surface area (Å²) in [6.07, 6.45) is 3.72. The SMILES string of the molecule is CC(=O)c1cccc(NC(=O)CSc2nnc(-c3ccccc3Cl)n2-n2cccc2)c1. The van der Waals surface area contributed by atoms with Crippen LogP contribution in [0.1, 0.15) is 17.3 Å². The molecule has 4 rings (SSSR count). The second-order valence-corrected chi connectivity index (χ2v) is 7.98. The number of ketones is 1. The molecule has 0 bridgehead atoms. The van der Waals surface area contributed by atoms with Crippen LogP contribution < -0.4 is 5.32 Å². The molecule has 156 valence electrons. The molecule has 0 aliphatic heterocycles. The maximum absolute atomic E-state index is 12.5. The van der Waals surface area contributed by atoms with Crippen molar-refractivity contribution >= 4 is 40.7 Å². The summed E-state index contributed by atoms with van der Waals surface area (Å²) in [6, 6.07) is 18.0. The van der Waals surface area contributed by atoms with Crippen LogP contribution in [0.2, 0.25) is 5.02 Å². The summed E-state index contributed by atoms with van der Waals surface area (Å²) in [6.45, 7) is 1.49. The van der Waals surface area contributed by atoms with Crippen LogP contribution in [-0.2, 0) is 4.79 Å². The molecule has 2 aromatic heterocycles. The summed E-state index contributed by atoms with van der Waals surface area (Å²) in [5.74, 6) is 0.412. The Morgan fingerprint density at radius 2 is 1.81 bits per heavy atom. The number of anilines is 1. The Kier molecular flexibility index (Phi) is 6.20. The van der Waals surface area contributed by atoms with Crippen molar-refractivity contribution < 1.29 is 9.59 Å². The molecule has 9 heteroatoms. The fourth-order valence-electron chi connectivity index (χ4n) is 2.98. The smallest absolute Gasteiger partial charge is 0.234 e. The second kappa shape index (κ2) is 9.20. The third kappa shape index (κ3) is 4.70. The van der Waals surface area contributed by atoms with E-state index in [1.807, 2.05) is 47.4 Å². The van der Waals surface area contributed by atoms with E-state index in [1.54, 1.807) is 35.0 Å². The third-order valence-electron chi connectivity index (χ3n) is 4.43. The number of hydrogen-bond acceptors (Lipinski definition) is 5. The molecule has 2 heterocycles. The molecular weight excluding hydrogens is 434 g/mol. The predicted octanol–water partition coefficient (Wildman–Crippen LogP) is 4.64. The van der Waals surface area contributed by atoms with Crippen molar-refractivity contribution in [3.63, 3.8) is 0 Å². The number of nitrogens with zero attached hydrogens (tertiary/aromatic N) is 4. The van der Waals surface area contributed by atoms with E-state index in [-0.39, 0.29) is 17.4 Å². The largest absolute Gasteiger partial charge is 0.325 e. The van der Waals surface area contributed by atoms with Gasteiger partial charge in [0.1, 0.15) is 0 Å². The lowest BCUT2D eigenvalue weighted by Gasteiger charge is -2.12. The average Bonchev–Trinajstić information content (AvgIpc) is 3.42. The van der Waals surface area contributed by atoms with Gasteiger partial charge in [-0.05, 0) is 43.3 Å². The summed E-state index contributed by atoms with van der Waals surface area (Å²) in [5.41, 5.74) is 1.85. The van der Waals surface area contributed by atoms with Crippen molar-refractivity contribution in [1.29, 1.82) is 0 Å². The fraction of sp³-hybridized carbons (Fsp3) is 0.0909. The van der Waals surface area contributed by atoms with Crippen LogP contribution in [0.5, 0.6) is 0 Å². The normalized spacial score (nSPS) is 10.8. The number of amides is 1. The quantitative estimate of drug-likeness (QED) is 0.327. The molecule has 4 aromatic rings. The number of halogens is 1. The van der Waals surface area contributed by atoms with Crippen LogP contribution in [0.15, 0.2) is 78.2 Å². The number of benzene rings is 2. The Hall–Kier alpha value is -3.36. The molecule has 0 unspecified atom stereocenters. The topological polar surface area (TPSA) is 81.8 Å². The molecule has 0 aliphatic rings.